The molecule has 2 aliphatic rings. The number of hydrogen-bond acceptors (Lipinski definition) is 18. The lowest BCUT2D eigenvalue weighted by molar-refractivity contribution is -0.377. The van der Waals surface area contributed by atoms with Gasteiger partial charge in [-0.2, -0.15) is 0 Å². The Morgan fingerprint density at radius 2 is 0.795 bits per heavy atom. The largest absolute Gasteiger partial charge is 0.463 e. The second-order valence-electron chi connectivity index (χ2n) is 9.65. The van der Waals surface area contributed by atoms with Crippen LogP contribution in [0, 0.1) is 0 Å². The third-order valence-electron chi connectivity index (χ3n) is 5.89. The van der Waals surface area contributed by atoms with E-state index < -0.39 is 116 Å². The summed E-state index contributed by atoms with van der Waals surface area (Å²) >= 11 is 0. The normalized spacial score (nSPS) is 31.5. The topological polar surface area (TPSA) is 232 Å². The fourth-order valence-corrected chi connectivity index (χ4v) is 4.54. The molecule has 0 aromatic carbocycles. The first-order chi connectivity index (χ1) is 20.5. The van der Waals surface area contributed by atoms with Gasteiger partial charge in [0.1, 0.15) is 18.8 Å². The zero-order valence-electron chi connectivity index (χ0n) is 25.1. The van der Waals surface area contributed by atoms with Gasteiger partial charge in [0.15, 0.2) is 36.6 Å². The van der Waals surface area contributed by atoms with Gasteiger partial charge in [0.25, 0.3) is 0 Å². The van der Waals surface area contributed by atoms with Crippen molar-refractivity contribution in [1.82, 2.24) is 0 Å². The molecule has 2 rings (SSSR count). The van der Waals surface area contributed by atoms with E-state index in [0.29, 0.717) is 0 Å². The number of hydrogen-bond donors (Lipinski definition) is 1. The molecule has 2 aliphatic heterocycles. The molecule has 10 atom stereocenters. The van der Waals surface area contributed by atoms with Gasteiger partial charge in [-0.05, 0) is 0 Å². The first-order valence-electron chi connectivity index (χ1n) is 13.3. The first-order valence-corrected chi connectivity index (χ1v) is 13.3. The molecule has 18 nitrogen and oxygen atoms in total. The van der Waals surface area contributed by atoms with E-state index in [2.05, 4.69) is 0 Å². The Morgan fingerprint density at radius 3 is 1.14 bits per heavy atom. The van der Waals surface area contributed by atoms with Gasteiger partial charge in [-0.3, -0.25) is 33.6 Å². The average Bonchev–Trinajstić information content (AvgIpc) is 2.87. The Hall–Kier alpha value is -3.87. The Labute approximate surface area is 251 Å². The van der Waals surface area contributed by atoms with Crippen LogP contribution in [0.15, 0.2) is 0 Å². The molecule has 0 aliphatic carbocycles. The van der Waals surface area contributed by atoms with Gasteiger partial charge in [-0.15, -0.1) is 0 Å². The Morgan fingerprint density at radius 1 is 0.477 bits per heavy atom. The van der Waals surface area contributed by atoms with Crippen molar-refractivity contribution in [2.45, 2.75) is 110 Å². The van der Waals surface area contributed by atoms with Crippen molar-refractivity contribution in [3.05, 3.63) is 0 Å². The maximum atomic E-state index is 12.1. The minimum Gasteiger partial charge on any atom is -0.463 e. The fourth-order valence-electron chi connectivity index (χ4n) is 4.54. The van der Waals surface area contributed by atoms with Crippen molar-refractivity contribution in [3.63, 3.8) is 0 Å². The first kappa shape index (κ1) is 36.3. The highest BCUT2D eigenvalue weighted by atomic mass is 16.8. The van der Waals surface area contributed by atoms with Gasteiger partial charge in [0.2, 0.25) is 12.6 Å². The molecule has 0 radical (unpaired) electrons. The minimum atomic E-state index is -1.80. The number of aliphatic hydroxyl groups excluding tert-OH is 1. The zero-order valence-corrected chi connectivity index (χ0v) is 25.1. The SMILES string of the molecule is CC(=O)OC[C@H]1O[C@@H](O[C@@H]2O[C@H](CO)[C@@H](OC(C)=O)[C@H](OC(C)=O)[C@H]2OC(C)=O)[C@H](OC(C)=O)[C@@H](OC(C)=O)[C@@H]1OC(C)=O. The van der Waals surface area contributed by atoms with Crippen LogP contribution in [0.25, 0.3) is 0 Å². The van der Waals surface area contributed by atoms with Crippen molar-refractivity contribution >= 4 is 41.8 Å². The number of ether oxygens (including phenoxy) is 10. The Balaban J connectivity index is 2.63. The smallest absolute Gasteiger partial charge is 0.303 e. The summed E-state index contributed by atoms with van der Waals surface area (Å²) in [5.41, 5.74) is 0. The molecule has 2 fully saturated rings. The van der Waals surface area contributed by atoms with Crippen LogP contribution >= 0.6 is 0 Å². The summed E-state index contributed by atoms with van der Waals surface area (Å²) < 4.78 is 54.5. The van der Waals surface area contributed by atoms with E-state index >= 15 is 0 Å². The van der Waals surface area contributed by atoms with E-state index in [9.17, 15) is 38.7 Å². The summed E-state index contributed by atoms with van der Waals surface area (Å²) in [5.74, 6) is -6.11. The molecule has 0 spiro atoms. The third kappa shape index (κ3) is 10.4. The van der Waals surface area contributed by atoms with E-state index in [4.69, 9.17) is 47.4 Å². The van der Waals surface area contributed by atoms with Gasteiger partial charge < -0.3 is 52.5 Å². The molecule has 44 heavy (non-hydrogen) atoms. The van der Waals surface area contributed by atoms with Crippen LogP contribution in [-0.2, 0) is 80.9 Å². The van der Waals surface area contributed by atoms with Gasteiger partial charge in [-0.25, -0.2) is 0 Å². The van der Waals surface area contributed by atoms with Crippen molar-refractivity contribution in [2.75, 3.05) is 13.2 Å². The highest BCUT2D eigenvalue weighted by molar-refractivity contribution is 5.69. The molecule has 18 heteroatoms. The van der Waals surface area contributed by atoms with Crippen LogP contribution < -0.4 is 0 Å². The van der Waals surface area contributed by atoms with E-state index in [1.165, 1.54) is 0 Å². The summed E-state index contributed by atoms with van der Waals surface area (Å²) in [6.07, 6.45) is -16.0. The minimum absolute atomic E-state index is 0.569. The second kappa shape index (κ2) is 16.3. The molecule has 0 amide bonds. The van der Waals surface area contributed by atoms with E-state index in [1.807, 2.05) is 0 Å². The van der Waals surface area contributed by atoms with Crippen molar-refractivity contribution in [3.8, 4) is 0 Å². The number of carbonyl (C=O) groups is 7. The molecular weight excluding hydrogens is 600 g/mol. The van der Waals surface area contributed by atoms with E-state index in [0.717, 1.165) is 48.5 Å². The average molecular weight is 637 g/mol. The predicted molar refractivity (Wildman–Crippen MR) is 135 cm³/mol. The van der Waals surface area contributed by atoms with E-state index in [-0.39, 0.29) is 0 Å². The lowest BCUT2D eigenvalue weighted by Gasteiger charge is -2.48. The van der Waals surface area contributed by atoms with E-state index in [1.54, 1.807) is 0 Å². The molecule has 0 bridgehead atoms. The number of aliphatic hydroxyl groups is 1. The highest BCUT2D eigenvalue weighted by Crippen LogP contribution is 2.35. The Kier molecular flexibility index (Phi) is 13.4. The molecule has 2 heterocycles. The maximum absolute atomic E-state index is 12.1. The lowest BCUT2D eigenvalue weighted by Crippen LogP contribution is -2.66. The van der Waals surface area contributed by atoms with Gasteiger partial charge in [-0.1, -0.05) is 0 Å². The molecule has 0 saturated carbocycles. The van der Waals surface area contributed by atoms with Crippen LogP contribution in [0.2, 0.25) is 0 Å². The summed E-state index contributed by atoms with van der Waals surface area (Å²) in [7, 11) is 0. The van der Waals surface area contributed by atoms with Crippen LogP contribution in [0.1, 0.15) is 48.5 Å². The standard InChI is InChI=1S/C26H36O18/c1-10(28)35-9-18-20(37-12(3)30)22(39-14(5)32)24(41-16(7)34)26(43-18)44-25-23(40-15(6)33)21(38-13(4)31)19(36-11(2)29)17(8-27)42-25/h17-27H,8-9H2,1-7H3/t17-,18-,19-,20-,21+,22+,23-,24-,25+,26+/m1/s1. The van der Waals surface area contributed by atoms with Gasteiger partial charge >= 0.3 is 41.8 Å². The van der Waals surface area contributed by atoms with Crippen LogP contribution in [0.5, 0.6) is 0 Å². The molecule has 1 N–H and O–H groups in total. The van der Waals surface area contributed by atoms with Crippen molar-refractivity contribution in [2.24, 2.45) is 0 Å². The number of carbonyl (C=O) groups excluding carboxylic acids is 7. The van der Waals surface area contributed by atoms with Crippen LogP contribution in [-0.4, -0.2) is 122 Å². The summed E-state index contributed by atoms with van der Waals surface area (Å²) in [5, 5.41) is 10.0. The summed E-state index contributed by atoms with van der Waals surface area (Å²) in [6.45, 7) is 5.85. The highest BCUT2D eigenvalue weighted by Gasteiger charge is 2.57. The lowest BCUT2D eigenvalue weighted by atomic mass is 9.97. The fraction of sp³-hybridized carbons (Fsp3) is 0.731. The summed E-state index contributed by atoms with van der Waals surface area (Å²) in [4.78, 5) is 83.8. The maximum Gasteiger partial charge on any atom is 0.303 e. The van der Waals surface area contributed by atoms with Crippen LogP contribution in [0.3, 0.4) is 0 Å². The monoisotopic (exact) mass is 636 g/mol. The van der Waals surface area contributed by atoms with Crippen LogP contribution in [0.4, 0.5) is 0 Å². The quantitative estimate of drug-likeness (QED) is 0.203. The second-order valence-corrected chi connectivity index (χ2v) is 9.65. The Bertz CT molecular complexity index is 1090. The predicted octanol–water partition coefficient (Wildman–Crippen LogP) is -1.40. The molecule has 2 saturated heterocycles. The number of rotatable bonds is 11. The van der Waals surface area contributed by atoms with Gasteiger partial charge in [0.05, 0.1) is 6.61 Å². The van der Waals surface area contributed by atoms with Crippen molar-refractivity contribution < 1.29 is 86.0 Å². The third-order valence-corrected chi connectivity index (χ3v) is 5.89. The number of esters is 7. The van der Waals surface area contributed by atoms with Crippen molar-refractivity contribution in [1.29, 1.82) is 0 Å². The molecule has 0 aromatic heterocycles. The molecule has 0 unspecified atom stereocenters. The molecular formula is C26H36O18. The zero-order chi connectivity index (χ0) is 33.3. The van der Waals surface area contributed by atoms with Gasteiger partial charge in [0, 0.05) is 48.5 Å². The summed E-state index contributed by atoms with van der Waals surface area (Å²) in [6, 6.07) is 0. The molecule has 248 valence electrons. The molecule has 0 aromatic rings.